The van der Waals surface area contributed by atoms with Gasteiger partial charge in [-0.15, -0.1) is 0 Å². The van der Waals surface area contributed by atoms with Gasteiger partial charge in [0.25, 0.3) is 0 Å². The quantitative estimate of drug-likeness (QED) is 0.719. The molecule has 2 aromatic heterocycles. The predicted molar refractivity (Wildman–Crippen MR) is 108 cm³/mol. The lowest BCUT2D eigenvalue weighted by Crippen LogP contribution is -2.44. The van der Waals surface area contributed by atoms with E-state index in [1.165, 1.54) is 5.56 Å². The van der Waals surface area contributed by atoms with Crippen LogP contribution in [0.4, 0.5) is 0 Å². The van der Waals surface area contributed by atoms with Crippen molar-refractivity contribution >= 4 is 5.91 Å². The highest BCUT2D eigenvalue weighted by molar-refractivity contribution is 5.78. The Hall–Kier alpha value is -2.99. The van der Waals surface area contributed by atoms with E-state index < -0.39 is 0 Å². The van der Waals surface area contributed by atoms with Crippen LogP contribution in [0.25, 0.3) is 5.69 Å². The van der Waals surface area contributed by atoms with Gasteiger partial charge >= 0.3 is 0 Å². The molecule has 0 radical (unpaired) electrons. The summed E-state index contributed by atoms with van der Waals surface area (Å²) in [4.78, 5) is 19.0. The van der Waals surface area contributed by atoms with Crippen molar-refractivity contribution in [2.75, 3.05) is 13.1 Å². The highest BCUT2D eigenvalue weighted by atomic mass is 16.1. The number of aromatic nitrogens is 3. The van der Waals surface area contributed by atoms with Crippen molar-refractivity contribution in [2.45, 2.75) is 31.8 Å². The number of nitrogens with one attached hydrogen (secondary N) is 1. The number of carbonyl (C=O) groups excluding carboxylic acids is 1. The second-order valence-corrected chi connectivity index (χ2v) is 7.28. The zero-order chi connectivity index (χ0) is 19.2. The molecule has 1 aliphatic rings. The fourth-order valence-electron chi connectivity index (χ4n) is 3.62. The third kappa shape index (κ3) is 4.84. The smallest absolute Gasteiger partial charge is 0.224 e. The summed E-state index contributed by atoms with van der Waals surface area (Å²) in [5.74, 6) is 0.0679. The summed E-state index contributed by atoms with van der Waals surface area (Å²) in [5, 5.41) is 7.55. The number of hydrogen-bond donors (Lipinski definition) is 1. The molecule has 1 aromatic carbocycles. The van der Waals surface area contributed by atoms with Gasteiger partial charge in [-0.2, -0.15) is 5.10 Å². The zero-order valence-corrected chi connectivity index (χ0v) is 15.9. The Balaban J connectivity index is 1.23. The van der Waals surface area contributed by atoms with E-state index in [0.717, 1.165) is 43.7 Å². The molecule has 0 aliphatic carbocycles. The van der Waals surface area contributed by atoms with E-state index in [4.69, 9.17) is 0 Å². The number of likely N-dealkylation sites (tertiary alicyclic amines) is 1. The third-order valence-corrected chi connectivity index (χ3v) is 5.10. The average molecular weight is 375 g/mol. The molecule has 3 aromatic rings. The minimum Gasteiger partial charge on any atom is -0.353 e. The topological polar surface area (TPSA) is 63.1 Å². The molecule has 0 bridgehead atoms. The highest BCUT2D eigenvalue weighted by Crippen LogP contribution is 2.14. The van der Waals surface area contributed by atoms with Gasteiger partial charge in [0, 0.05) is 44.3 Å². The van der Waals surface area contributed by atoms with Crippen molar-refractivity contribution in [3.8, 4) is 5.69 Å². The molecule has 0 atom stereocenters. The SMILES string of the molecule is O=C(Cc1cnn(-c2ccccc2)c1)NC1CCN(Cc2cccnc2)CC1. The van der Waals surface area contributed by atoms with Gasteiger partial charge in [-0.3, -0.25) is 14.7 Å². The number of amides is 1. The lowest BCUT2D eigenvalue weighted by molar-refractivity contribution is -0.121. The van der Waals surface area contributed by atoms with Crippen molar-refractivity contribution in [2.24, 2.45) is 0 Å². The Morgan fingerprint density at radius 3 is 2.61 bits per heavy atom. The van der Waals surface area contributed by atoms with Gasteiger partial charge in [0.2, 0.25) is 5.91 Å². The minimum absolute atomic E-state index is 0.0679. The van der Waals surface area contributed by atoms with Crippen molar-refractivity contribution in [1.29, 1.82) is 0 Å². The van der Waals surface area contributed by atoms with Gasteiger partial charge in [0.15, 0.2) is 0 Å². The van der Waals surface area contributed by atoms with E-state index in [-0.39, 0.29) is 11.9 Å². The molecule has 28 heavy (non-hydrogen) atoms. The molecule has 6 nitrogen and oxygen atoms in total. The summed E-state index contributed by atoms with van der Waals surface area (Å²) in [6.45, 7) is 2.91. The Bertz CT molecular complexity index is 886. The molecule has 1 aliphatic heterocycles. The summed E-state index contributed by atoms with van der Waals surface area (Å²) in [6, 6.07) is 14.3. The highest BCUT2D eigenvalue weighted by Gasteiger charge is 2.21. The lowest BCUT2D eigenvalue weighted by Gasteiger charge is -2.32. The lowest BCUT2D eigenvalue weighted by atomic mass is 10.0. The van der Waals surface area contributed by atoms with Gasteiger partial charge in [-0.1, -0.05) is 24.3 Å². The largest absolute Gasteiger partial charge is 0.353 e. The van der Waals surface area contributed by atoms with Crippen LogP contribution in [0.15, 0.2) is 67.3 Å². The van der Waals surface area contributed by atoms with Crippen LogP contribution < -0.4 is 5.32 Å². The Kier molecular flexibility index (Phi) is 5.77. The summed E-state index contributed by atoms with van der Waals surface area (Å²) < 4.78 is 1.81. The normalized spacial score (nSPS) is 15.4. The standard InChI is InChI=1S/C22H25N5O/c28-22(13-19-15-24-27(17-19)21-6-2-1-3-7-21)25-20-8-11-26(12-9-20)16-18-5-4-10-23-14-18/h1-7,10,14-15,17,20H,8-9,11-13,16H2,(H,25,28). The molecule has 0 saturated carbocycles. The molecule has 144 valence electrons. The number of pyridine rings is 1. The van der Waals surface area contributed by atoms with Crippen LogP contribution >= 0.6 is 0 Å². The fraction of sp³-hybridized carbons (Fsp3) is 0.318. The monoisotopic (exact) mass is 375 g/mol. The van der Waals surface area contributed by atoms with Crippen LogP contribution in [0.2, 0.25) is 0 Å². The first-order valence-electron chi connectivity index (χ1n) is 9.76. The maximum Gasteiger partial charge on any atom is 0.224 e. The summed E-state index contributed by atoms with van der Waals surface area (Å²) in [7, 11) is 0. The Labute approximate surface area is 165 Å². The van der Waals surface area contributed by atoms with Crippen molar-refractivity contribution in [3.63, 3.8) is 0 Å². The first kappa shape index (κ1) is 18.4. The number of carbonyl (C=O) groups is 1. The van der Waals surface area contributed by atoms with Crippen LogP contribution in [0.3, 0.4) is 0 Å². The molecule has 1 saturated heterocycles. The van der Waals surface area contributed by atoms with E-state index in [9.17, 15) is 4.79 Å². The van der Waals surface area contributed by atoms with Gasteiger partial charge in [0.1, 0.15) is 0 Å². The number of para-hydroxylation sites is 1. The van der Waals surface area contributed by atoms with E-state index in [1.807, 2.05) is 48.8 Å². The van der Waals surface area contributed by atoms with Crippen LogP contribution in [-0.4, -0.2) is 44.7 Å². The first-order valence-corrected chi connectivity index (χ1v) is 9.76. The number of hydrogen-bond acceptors (Lipinski definition) is 4. The number of piperidine rings is 1. The van der Waals surface area contributed by atoms with E-state index in [0.29, 0.717) is 6.42 Å². The van der Waals surface area contributed by atoms with Gasteiger partial charge in [-0.05, 0) is 42.2 Å². The number of benzene rings is 1. The van der Waals surface area contributed by atoms with Crippen molar-refractivity contribution in [1.82, 2.24) is 25.0 Å². The second kappa shape index (κ2) is 8.80. The maximum atomic E-state index is 12.4. The van der Waals surface area contributed by atoms with Crippen molar-refractivity contribution in [3.05, 3.63) is 78.4 Å². The molecule has 0 unspecified atom stereocenters. The van der Waals surface area contributed by atoms with E-state index in [2.05, 4.69) is 26.4 Å². The first-order chi connectivity index (χ1) is 13.8. The fourth-order valence-corrected chi connectivity index (χ4v) is 3.62. The molecular weight excluding hydrogens is 350 g/mol. The van der Waals surface area contributed by atoms with E-state index >= 15 is 0 Å². The maximum absolute atomic E-state index is 12.4. The average Bonchev–Trinajstić information content (AvgIpc) is 3.19. The summed E-state index contributed by atoms with van der Waals surface area (Å²) in [6.07, 6.45) is 9.74. The Morgan fingerprint density at radius 1 is 1.04 bits per heavy atom. The van der Waals surface area contributed by atoms with Crippen LogP contribution in [0.5, 0.6) is 0 Å². The second-order valence-electron chi connectivity index (χ2n) is 7.28. The van der Waals surface area contributed by atoms with Gasteiger partial charge < -0.3 is 5.32 Å². The number of nitrogens with zero attached hydrogens (tertiary/aromatic N) is 4. The molecule has 4 rings (SSSR count). The molecule has 1 amide bonds. The molecular formula is C22H25N5O. The summed E-state index contributed by atoms with van der Waals surface area (Å²) >= 11 is 0. The predicted octanol–water partition coefficient (Wildman–Crippen LogP) is 2.59. The molecule has 3 heterocycles. The molecule has 0 spiro atoms. The van der Waals surface area contributed by atoms with E-state index in [1.54, 1.807) is 17.1 Å². The summed E-state index contributed by atoms with van der Waals surface area (Å²) in [5.41, 5.74) is 3.16. The third-order valence-electron chi connectivity index (χ3n) is 5.10. The minimum atomic E-state index is 0.0679. The zero-order valence-electron chi connectivity index (χ0n) is 15.9. The van der Waals surface area contributed by atoms with Crippen LogP contribution in [-0.2, 0) is 17.8 Å². The van der Waals surface area contributed by atoms with Crippen molar-refractivity contribution < 1.29 is 4.79 Å². The van der Waals surface area contributed by atoms with Gasteiger partial charge in [-0.25, -0.2) is 4.68 Å². The van der Waals surface area contributed by atoms with Crippen LogP contribution in [0.1, 0.15) is 24.0 Å². The van der Waals surface area contributed by atoms with Crippen LogP contribution in [0, 0.1) is 0 Å². The molecule has 1 fully saturated rings. The number of rotatable bonds is 6. The van der Waals surface area contributed by atoms with Gasteiger partial charge in [0.05, 0.1) is 18.3 Å². The molecule has 6 heteroatoms. The molecule has 1 N–H and O–H groups in total. The Morgan fingerprint density at radius 2 is 1.86 bits per heavy atom.